The van der Waals surface area contributed by atoms with E-state index in [1.807, 2.05) is 0 Å². The van der Waals surface area contributed by atoms with Crippen LogP contribution in [0.5, 0.6) is 0 Å². The summed E-state index contributed by atoms with van der Waals surface area (Å²) in [7, 11) is 0. The molecule has 0 spiro atoms. The number of thiol groups is 1. The molecule has 0 nitrogen and oxygen atoms in total. The van der Waals surface area contributed by atoms with E-state index in [1.54, 1.807) is 0 Å². The summed E-state index contributed by atoms with van der Waals surface area (Å²) in [6.07, 6.45) is 0. The summed E-state index contributed by atoms with van der Waals surface area (Å²) in [5.41, 5.74) is 6.33. The number of rotatable bonds is 1. The summed E-state index contributed by atoms with van der Waals surface area (Å²) < 4.78 is 0. The first kappa shape index (κ1) is 11.3. The molecule has 0 atom stereocenters. The van der Waals surface area contributed by atoms with Gasteiger partial charge in [-0.25, -0.2) is 0 Å². The second-order valence-corrected chi connectivity index (χ2v) is 4.74. The zero-order valence-corrected chi connectivity index (χ0v) is 10.8. The Morgan fingerprint density at radius 3 is 2.19 bits per heavy atom. The topological polar surface area (TPSA) is 0 Å². The second kappa shape index (κ2) is 4.34. The van der Waals surface area contributed by atoms with Gasteiger partial charge in [0, 0.05) is 4.90 Å². The van der Waals surface area contributed by atoms with Crippen LogP contribution >= 0.6 is 12.6 Å². The lowest BCUT2D eigenvalue weighted by Gasteiger charge is -2.12. The van der Waals surface area contributed by atoms with Crippen LogP contribution in [0, 0.1) is 20.8 Å². The van der Waals surface area contributed by atoms with Crippen molar-refractivity contribution in [2.75, 3.05) is 0 Å². The molecule has 0 N–H and O–H groups in total. The highest BCUT2D eigenvalue weighted by Crippen LogP contribution is 2.32. The van der Waals surface area contributed by atoms with E-state index in [2.05, 4.69) is 69.8 Å². The molecule has 0 aliphatic rings. The molecule has 16 heavy (non-hydrogen) atoms. The van der Waals surface area contributed by atoms with Crippen molar-refractivity contribution in [3.05, 3.63) is 53.1 Å². The molecular weight excluding hydrogens is 212 g/mol. The van der Waals surface area contributed by atoms with Gasteiger partial charge >= 0.3 is 0 Å². The third-order valence-electron chi connectivity index (χ3n) is 2.88. The molecule has 0 aromatic heterocycles. The molecule has 2 aromatic rings. The maximum atomic E-state index is 4.62. The van der Waals surface area contributed by atoms with E-state index in [0.717, 1.165) is 4.90 Å². The summed E-state index contributed by atoms with van der Waals surface area (Å²) in [4.78, 5) is 1.08. The Labute approximate surface area is 103 Å². The normalized spacial score (nSPS) is 10.5. The summed E-state index contributed by atoms with van der Waals surface area (Å²) in [5.74, 6) is 0. The van der Waals surface area contributed by atoms with Crippen LogP contribution in [0.3, 0.4) is 0 Å². The number of hydrogen-bond acceptors (Lipinski definition) is 1. The molecule has 2 aromatic carbocycles. The molecule has 82 valence electrons. The van der Waals surface area contributed by atoms with Gasteiger partial charge in [0.05, 0.1) is 0 Å². The van der Waals surface area contributed by atoms with Gasteiger partial charge in [0.15, 0.2) is 0 Å². The van der Waals surface area contributed by atoms with E-state index >= 15 is 0 Å². The first-order valence-corrected chi connectivity index (χ1v) is 5.90. The van der Waals surface area contributed by atoms with Gasteiger partial charge in [0.2, 0.25) is 0 Å². The van der Waals surface area contributed by atoms with E-state index in [1.165, 1.54) is 27.8 Å². The first-order valence-electron chi connectivity index (χ1n) is 5.46. The smallest absolute Gasteiger partial charge is 0.0148 e. The van der Waals surface area contributed by atoms with Gasteiger partial charge in [0.1, 0.15) is 0 Å². The van der Waals surface area contributed by atoms with Crippen molar-refractivity contribution >= 4 is 12.6 Å². The van der Waals surface area contributed by atoms with Crippen LogP contribution in [-0.4, -0.2) is 0 Å². The van der Waals surface area contributed by atoms with Gasteiger partial charge in [-0.3, -0.25) is 0 Å². The summed E-state index contributed by atoms with van der Waals surface area (Å²) in [5, 5.41) is 0. The van der Waals surface area contributed by atoms with Gasteiger partial charge in [-0.2, -0.15) is 0 Å². The molecule has 1 heteroatoms. The molecular formula is C15H16S. The Kier molecular flexibility index (Phi) is 3.06. The largest absolute Gasteiger partial charge is 0.143 e. The van der Waals surface area contributed by atoms with Crippen molar-refractivity contribution in [1.29, 1.82) is 0 Å². The average Bonchev–Trinajstić information content (AvgIpc) is 2.24. The third kappa shape index (κ3) is 2.00. The minimum Gasteiger partial charge on any atom is -0.143 e. The number of benzene rings is 2. The van der Waals surface area contributed by atoms with Crippen molar-refractivity contribution in [2.45, 2.75) is 25.7 Å². The van der Waals surface area contributed by atoms with E-state index in [9.17, 15) is 0 Å². The highest BCUT2D eigenvalue weighted by Gasteiger charge is 2.07. The molecule has 0 fully saturated rings. The fraction of sp³-hybridized carbons (Fsp3) is 0.200. The van der Waals surface area contributed by atoms with E-state index < -0.39 is 0 Å². The highest BCUT2D eigenvalue weighted by molar-refractivity contribution is 7.80. The van der Waals surface area contributed by atoms with Gasteiger partial charge in [-0.1, -0.05) is 42.0 Å². The molecule has 0 heterocycles. The standard InChI is InChI=1S/C15H16S/c1-10-8-12(3)15(16)14(9-10)13-7-5-4-6-11(13)2/h4-9,16H,1-3H3. The number of aryl methyl sites for hydroxylation is 3. The van der Waals surface area contributed by atoms with Crippen LogP contribution in [0.25, 0.3) is 11.1 Å². The fourth-order valence-electron chi connectivity index (χ4n) is 2.04. The predicted octanol–water partition coefficient (Wildman–Crippen LogP) is 4.57. The lowest BCUT2D eigenvalue weighted by molar-refractivity contribution is 1.26. The van der Waals surface area contributed by atoms with Gasteiger partial charge in [0.25, 0.3) is 0 Å². The molecule has 0 saturated carbocycles. The third-order valence-corrected chi connectivity index (χ3v) is 3.47. The van der Waals surface area contributed by atoms with Crippen LogP contribution in [0.15, 0.2) is 41.3 Å². The second-order valence-electron chi connectivity index (χ2n) is 4.29. The molecule has 0 unspecified atom stereocenters. The number of hydrogen-bond donors (Lipinski definition) is 1. The average molecular weight is 228 g/mol. The highest BCUT2D eigenvalue weighted by atomic mass is 32.1. The molecule has 0 bridgehead atoms. The van der Waals surface area contributed by atoms with Gasteiger partial charge in [-0.15, -0.1) is 12.6 Å². The summed E-state index contributed by atoms with van der Waals surface area (Å²) in [6.45, 7) is 6.37. The predicted molar refractivity (Wildman–Crippen MR) is 73.3 cm³/mol. The zero-order chi connectivity index (χ0) is 11.7. The van der Waals surface area contributed by atoms with Crippen molar-refractivity contribution in [1.82, 2.24) is 0 Å². The lowest BCUT2D eigenvalue weighted by Crippen LogP contribution is -1.89. The van der Waals surface area contributed by atoms with E-state index in [4.69, 9.17) is 0 Å². The summed E-state index contributed by atoms with van der Waals surface area (Å²) >= 11 is 4.62. The Morgan fingerprint density at radius 1 is 0.812 bits per heavy atom. The monoisotopic (exact) mass is 228 g/mol. The van der Waals surface area contributed by atoms with E-state index in [-0.39, 0.29) is 0 Å². The van der Waals surface area contributed by atoms with Crippen molar-refractivity contribution in [2.24, 2.45) is 0 Å². The maximum absolute atomic E-state index is 4.62. The molecule has 2 rings (SSSR count). The SMILES string of the molecule is Cc1cc(C)c(S)c(-c2ccccc2C)c1. The fourth-order valence-corrected chi connectivity index (χ4v) is 2.29. The van der Waals surface area contributed by atoms with Crippen molar-refractivity contribution in [3.63, 3.8) is 0 Å². The van der Waals surface area contributed by atoms with Crippen molar-refractivity contribution in [3.8, 4) is 11.1 Å². The Morgan fingerprint density at radius 2 is 1.50 bits per heavy atom. The van der Waals surface area contributed by atoms with Crippen LogP contribution in [0.4, 0.5) is 0 Å². The van der Waals surface area contributed by atoms with Crippen molar-refractivity contribution < 1.29 is 0 Å². The van der Waals surface area contributed by atoms with Gasteiger partial charge in [-0.05, 0) is 43.0 Å². The quantitative estimate of drug-likeness (QED) is 0.679. The molecule has 0 saturated heterocycles. The van der Waals surface area contributed by atoms with E-state index in [0.29, 0.717) is 0 Å². The van der Waals surface area contributed by atoms with Crippen LogP contribution in [-0.2, 0) is 0 Å². The lowest BCUT2D eigenvalue weighted by atomic mass is 9.97. The zero-order valence-electron chi connectivity index (χ0n) is 9.91. The van der Waals surface area contributed by atoms with Gasteiger partial charge < -0.3 is 0 Å². The van der Waals surface area contributed by atoms with Crippen LogP contribution in [0.2, 0.25) is 0 Å². The van der Waals surface area contributed by atoms with Crippen LogP contribution in [0.1, 0.15) is 16.7 Å². The molecule has 0 radical (unpaired) electrons. The van der Waals surface area contributed by atoms with Crippen LogP contribution < -0.4 is 0 Å². The Balaban J connectivity index is 2.69. The first-order chi connectivity index (χ1) is 7.59. The Hall–Kier alpha value is -1.21. The summed E-state index contributed by atoms with van der Waals surface area (Å²) in [6, 6.07) is 12.8. The molecule has 0 aliphatic heterocycles. The minimum atomic E-state index is 1.08. The molecule has 0 aliphatic carbocycles. The molecule has 0 amide bonds. The minimum absolute atomic E-state index is 1.08. The Bertz CT molecular complexity index is 527. The maximum Gasteiger partial charge on any atom is 0.0148 e.